The van der Waals surface area contributed by atoms with Crippen molar-refractivity contribution in [3.05, 3.63) is 67.3 Å². The predicted octanol–water partition coefficient (Wildman–Crippen LogP) is 3.69. The lowest BCUT2D eigenvalue weighted by Gasteiger charge is -2.02. The van der Waals surface area contributed by atoms with Crippen molar-refractivity contribution >= 4 is 45.1 Å². The zero-order valence-electron chi connectivity index (χ0n) is 9.79. The number of pyridine rings is 1. The number of aromatic nitrogens is 2. The van der Waals surface area contributed by atoms with E-state index in [9.17, 15) is 4.79 Å². The van der Waals surface area contributed by atoms with Crippen LogP contribution >= 0.6 is 27.3 Å². The summed E-state index contributed by atoms with van der Waals surface area (Å²) in [7, 11) is 0. The Morgan fingerprint density at radius 2 is 2.11 bits per heavy atom. The quantitative estimate of drug-likeness (QED) is 0.717. The van der Waals surface area contributed by atoms with Gasteiger partial charge in [0.15, 0.2) is 0 Å². The van der Waals surface area contributed by atoms with Gasteiger partial charge < -0.3 is 0 Å². The molecule has 5 heteroatoms. The van der Waals surface area contributed by atoms with Crippen LogP contribution in [0.4, 0.5) is 0 Å². The van der Waals surface area contributed by atoms with Crippen LogP contribution in [0.15, 0.2) is 51.2 Å². The number of thiophene rings is 1. The van der Waals surface area contributed by atoms with Gasteiger partial charge in [-0.15, -0.1) is 11.3 Å². The van der Waals surface area contributed by atoms with Gasteiger partial charge in [-0.1, -0.05) is 12.1 Å². The molecule has 3 nitrogen and oxygen atoms in total. The zero-order valence-corrected chi connectivity index (χ0v) is 12.2. The van der Waals surface area contributed by atoms with Gasteiger partial charge in [-0.05, 0) is 51.7 Å². The monoisotopic (exact) mass is 332 g/mol. The van der Waals surface area contributed by atoms with Crippen LogP contribution in [-0.2, 0) is 0 Å². The van der Waals surface area contributed by atoms with Gasteiger partial charge in [0.2, 0.25) is 0 Å². The third-order valence-electron chi connectivity index (χ3n) is 2.65. The summed E-state index contributed by atoms with van der Waals surface area (Å²) in [6, 6.07) is 9.49. The second kappa shape index (κ2) is 5.11. The Kier molecular flexibility index (Phi) is 3.31. The smallest absolute Gasteiger partial charge is 0.268 e. The molecule has 0 aliphatic rings. The average molecular weight is 333 g/mol. The number of hydrogen-bond acceptors (Lipinski definition) is 3. The first-order valence-electron chi connectivity index (χ1n) is 5.64. The third kappa shape index (κ3) is 2.39. The first-order valence-corrected chi connectivity index (χ1v) is 7.31. The van der Waals surface area contributed by atoms with Gasteiger partial charge >= 0.3 is 0 Å². The normalized spacial score (nSPS) is 11.4. The molecule has 0 bridgehead atoms. The Hall–Kier alpha value is -1.72. The summed E-state index contributed by atoms with van der Waals surface area (Å²) >= 11 is 4.96. The lowest BCUT2D eigenvalue weighted by atomic mass is 10.3. The SMILES string of the molecule is O=c1c(Br)c(/C=C/c2cccs2)nc2ccccn12. The second-order valence-corrected chi connectivity index (χ2v) is 5.67. The number of halogens is 1. The largest absolute Gasteiger partial charge is 0.272 e. The van der Waals surface area contributed by atoms with E-state index in [1.807, 2.05) is 47.9 Å². The fourth-order valence-electron chi connectivity index (χ4n) is 1.74. The van der Waals surface area contributed by atoms with Gasteiger partial charge in [-0.25, -0.2) is 4.98 Å². The molecule has 0 N–H and O–H groups in total. The lowest BCUT2D eigenvalue weighted by Crippen LogP contribution is -2.16. The van der Waals surface area contributed by atoms with Gasteiger partial charge in [-0.2, -0.15) is 0 Å². The van der Waals surface area contributed by atoms with Crippen molar-refractivity contribution in [3.63, 3.8) is 0 Å². The van der Waals surface area contributed by atoms with E-state index in [1.54, 1.807) is 17.5 Å². The Labute approximate surface area is 122 Å². The van der Waals surface area contributed by atoms with Crippen molar-refractivity contribution in [2.45, 2.75) is 0 Å². The number of hydrogen-bond donors (Lipinski definition) is 0. The summed E-state index contributed by atoms with van der Waals surface area (Å²) in [6.45, 7) is 0. The van der Waals surface area contributed by atoms with Crippen LogP contribution in [0, 0.1) is 0 Å². The Balaban J connectivity index is 2.14. The molecule has 0 saturated heterocycles. The first-order chi connectivity index (χ1) is 9.25. The maximum atomic E-state index is 12.2. The van der Waals surface area contributed by atoms with E-state index in [0.717, 1.165) is 4.88 Å². The molecule has 94 valence electrons. The number of fused-ring (bicyclic) bond motifs is 1. The van der Waals surface area contributed by atoms with Crippen LogP contribution < -0.4 is 5.56 Å². The highest BCUT2D eigenvalue weighted by atomic mass is 79.9. The van der Waals surface area contributed by atoms with Crippen LogP contribution in [-0.4, -0.2) is 9.38 Å². The molecular weight excluding hydrogens is 324 g/mol. The van der Waals surface area contributed by atoms with Crippen molar-refractivity contribution in [2.24, 2.45) is 0 Å². The molecule has 3 heterocycles. The van der Waals surface area contributed by atoms with Crippen molar-refractivity contribution in [1.29, 1.82) is 0 Å². The van der Waals surface area contributed by atoms with Crippen molar-refractivity contribution in [3.8, 4) is 0 Å². The molecule has 3 aromatic heterocycles. The molecule has 0 aromatic carbocycles. The van der Waals surface area contributed by atoms with E-state index in [2.05, 4.69) is 20.9 Å². The van der Waals surface area contributed by atoms with Gasteiger partial charge in [-0.3, -0.25) is 9.20 Å². The topological polar surface area (TPSA) is 34.4 Å². The average Bonchev–Trinajstić information content (AvgIpc) is 2.94. The zero-order chi connectivity index (χ0) is 13.2. The van der Waals surface area contributed by atoms with Crippen molar-refractivity contribution in [2.75, 3.05) is 0 Å². The van der Waals surface area contributed by atoms with Gasteiger partial charge in [0.1, 0.15) is 10.1 Å². The molecule has 0 saturated carbocycles. The number of rotatable bonds is 2. The Bertz CT molecular complexity index is 806. The highest BCUT2D eigenvalue weighted by Gasteiger charge is 2.07. The molecular formula is C14H9BrN2OS. The van der Waals surface area contributed by atoms with Crippen LogP contribution in [0.1, 0.15) is 10.6 Å². The molecule has 0 spiro atoms. The van der Waals surface area contributed by atoms with Gasteiger partial charge in [0, 0.05) is 11.1 Å². The van der Waals surface area contributed by atoms with Crippen molar-refractivity contribution < 1.29 is 0 Å². The second-order valence-electron chi connectivity index (χ2n) is 3.89. The summed E-state index contributed by atoms with van der Waals surface area (Å²) < 4.78 is 2.00. The first kappa shape index (κ1) is 12.3. The van der Waals surface area contributed by atoms with Crippen LogP contribution in [0.3, 0.4) is 0 Å². The molecule has 3 aromatic rings. The minimum absolute atomic E-state index is 0.101. The molecule has 3 rings (SSSR count). The van der Waals surface area contributed by atoms with Crippen LogP contribution in [0.2, 0.25) is 0 Å². The van der Waals surface area contributed by atoms with E-state index in [1.165, 1.54) is 4.40 Å². The predicted molar refractivity (Wildman–Crippen MR) is 82.4 cm³/mol. The van der Waals surface area contributed by atoms with E-state index >= 15 is 0 Å². The molecule has 0 unspecified atom stereocenters. The van der Waals surface area contributed by atoms with Gasteiger partial charge in [0.05, 0.1) is 5.69 Å². The summed E-state index contributed by atoms with van der Waals surface area (Å²) in [4.78, 5) is 17.8. The fourth-order valence-corrected chi connectivity index (χ4v) is 2.77. The summed E-state index contributed by atoms with van der Waals surface area (Å²) in [6.07, 6.45) is 5.52. The minimum atomic E-state index is -0.101. The maximum absolute atomic E-state index is 12.2. The Morgan fingerprint density at radius 3 is 2.89 bits per heavy atom. The van der Waals surface area contributed by atoms with Crippen LogP contribution in [0.5, 0.6) is 0 Å². The van der Waals surface area contributed by atoms with Crippen LogP contribution in [0.25, 0.3) is 17.8 Å². The molecule has 0 fully saturated rings. The summed E-state index contributed by atoms with van der Waals surface area (Å²) in [5, 5.41) is 2.01. The highest BCUT2D eigenvalue weighted by Crippen LogP contribution is 2.16. The fraction of sp³-hybridized carbons (Fsp3) is 0. The van der Waals surface area contributed by atoms with E-state index in [4.69, 9.17) is 0 Å². The lowest BCUT2D eigenvalue weighted by molar-refractivity contribution is 1.02. The molecule has 0 amide bonds. The third-order valence-corrected chi connectivity index (χ3v) is 4.24. The molecule has 0 atom stereocenters. The van der Waals surface area contributed by atoms with E-state index in [0.29, 0.717) is 15.8 Å². The molecule has 0 radical (unpaired) electrons. The van der Waals surface area contributed by atoms with E-state index in [-0.39, 0.29) is 5.56 Å². The van der Waals surface area contributed by atoms with Gasteiger partial charge in [0.25, 0.3) is 5.56 Å². The van der Waals surface area contributed by atoms with E-state index < -0.39 is 0 Å². The number of nitrogens with zero attached hydrogens (tertiary/aromatic N) is 2. The molecule has 19 heavy (non-hydrogen) atoms. The Morgan fingerprint density at radius 1 is 1.21 bits per heavy atom. The maximum Gasteiger partial charge on any atom is 0.272 e. The molecule has 0 aliphatic carbocycles. The minimum Gasteiger partial charge on any atom is -0.268 e. The molecule has 0 aliphatic heterocycles. The standard InChI is InChI=1S/C14H9BrN2OS/c15-13-11(7-6-10-4-3-9-19-10)16-12-5-1-2-8-17(12)14(13)18/h1-9H/b7-6+. The highest BCUT2D eigenvalue weighted by molar-refractivity contribution is 9.10. The summed E-state index contributed by atoms with van der Waals surface area (Å²) in [5.41, 5.74) is 1.18. The summed E-state index contributed by atoms with van der Waals surface area (Å²) in [5.74, 6) is 0. The van der Waals surface area contributed by atoms with Crippen molar-refractivity contribution in [1.82, 2.24) is 9.38 Å².